The lowest BCUT2D eigenvalue weighted by Gasteiger charge is -2.47. The maximum absolute atomic E-state index is 12.5. The average molecular weight is 421 g/mol. The number of anilines is 1. The number of amides is 1. The topological polar surface area (TPSA) is 48.6 Å². The first-order valence-corrected chi connectivity index (χ1v) is 11.3. The van der Waals surface area contributed by atoms with Crippen LogP contribution in [0.15, 0.2) is 54.7 Å². The molecule has 2 aliphatic rings. The number of ether oxygens (including phenoxy) is 1. The number of aromatic nitrogens is 1. The van der Waals surface area contributed by atoms with Crippen molar-refractivity contribution < 1.29 is 9.53 Å². The molecule has 2 saturated heterocycles. The predicted octanol–water partition coefficient (Wildman–Crippen LogP) is 3.11. The molecule has 6 heteroatoms. The SMILES string of the molecule is O=C1COC2(CCN(CCc3c[nH]c4ccccc34)CC2)CN1c1cccc(P)c1. The Bertz CT molecular complexity index is 1060. The first kappa shape index (κ1) is 19.7. The number of nitrogens with zero attached hydrogens (tertiary/aromatic N) is 2. The Hall–Kier alpha value is -2.20. The number of rotatable bonds is 4. The van der Waals surface area contributed by atoms with Crippen molar-refractivity contribution in [2.75, 3.05) is 37.7 Å². The number of carbonyl (C=O) groups is 1. The first-order chi connectivity index (χ1) is 14.6. The third-order valence-electron chi connectivity index (χ3n) is 6.57. The third kappa shape index (κ3) is 3.90. The maximum atomic E-state index is 12.5. The van der Waals surface area contributed by atoms with Crippen LogP contribution in [0.1, 0.15) is 18.4 Å². The molecule has 1 unspecified atom stereocenters. The van der Waals surface area contributed by atoms with Gasteiger partial charge in [0.05, 0.1) is 12.1 Å². The van der Waals surface area contributed by atoms with Gasteiger partial charge in [0.25, 0.3) is 5.91 Å². The van der Waals surface area contributed by atoms with Gasteiger partial charge in [-0.3, -0.25) is 4.79 Å². The lowest BCUT2D eigenvalue weighted by Crippen LogP contribution is -2.59. The zero-order valence-electron chi connectivity index (χ0n) is 17.1. The van der Waals surface area contributed by atoms with Crippen molar-refractivity contribution in [3.05, 3.63) is 60.3 Å². The molecule has 30 heavy (non-hydrogen) atoms. The summed E-state index contributed by atoms with van der Waals surface area (Å²) in [6.45, 7) is 3.89. The third-order valence-corrected chi connectivity index (χ3v) is 6.93. The second kappa shape index (κ2) is 8.14. The van der Waals surface area contributed by atoms with E-state index < -0.39 is 0 Å². The molecule has 1 N–H and O–H groups in total. The number of H-pyrrole nitrogens is 1. The Morgan fingerprint density at radius 2 is 1.93 bits per heavy atom. The summed E-state index contributed by atoms with van der Waals surface area (Å²) in [6, 6.07) is 16.6. The van der Waals surface area contributed by atoms with E-state index in [0.717, 1.165) is 49.9 Å². The standard InChI is InChI=1S/C24H28N3O2P/c28-23-16-29-24(17-27(23)19-4-3-5-20(30)14-19)9-12-26(13-10-24)11-8-18-15-25-22-7-2-1-6-21(18)22/h1-7,14-15,25H,8-13,16-17,30H2. The van der Waals surface area contributed by atoms with E-state index in [-0.39, 0.29) is 18.1 Å². The second-order valence-corrected chi connectivity index (χ2v) is 9.16. The Morgan fingerprint density at radius 3 is 2.77 bits per heavy atom. The summed E-state index contributed by atoms with van der Waals surface area (Å²) >= 11 is 0. The summed E-state index contributed by atoms with van der Waals surface area (Å²) in [6.07, 6.45) is 5.11. The largest absolute Gasteiger partial charge is 0.363 e. The van der Waals surface area contributed by atoms with Gasteiger partial charge in [-0.2, -0.15) is 0 Å². The van der Waals surface area contributed by atoms with Crippen LogP contribution in [0.25, 0.3) is 10.9 Å². The number of aromatic amines is 1. The molecular weight excluding hydrogens is 393 g/mol. The number of para-hydroxylation sites is 1. The molecule has 5 rings (SSSR count). The van der Waals surface area contributed by atoms with Gasteiger partial charge < -0.3 is 19.5 Å². The van der Waals surface area contributed by atoms with Crippen molar-refractivity contribution in [2.45, 2.75) is 24.9 Å². The summed E-state index contributed by atoms with van der Waals surface area (Å²) in [7, 11) is 2.71. The molecule has 2 aliphatic heterocycles. The number of hydrogen-bond donors (Lipinski definition) is 1. The molecular formula is C24H28N3O2P. The number of piperidine rings is 1. The maximum Gasteiger partial charge on any atom is 0.253 e. The van der Waals surface area contributed by atoms with Gasteiger partial charge >= 0.3 is 0 Å². The van der Waals surface area contributed by atoms with Gasteiger partial charge in [0, 0.05) is 42.4 Å². The quantitative estimate of drug-likeness (QED) is 0.659. The van der Waals surface area contributed by atoms with Crippen molar-refractivity contribution in [2.24, 2.45) is 0 Å². The first-order valence-electron chi connectivity index (χ1n) is 10.7. The van der Waals surface area contributed by atoms with Crippen molar-refractivity contribution in [1.29, 1.82) is 0 Å². The van der Waals surface area contributed by atoms with Crippen molar-refractivity contribution >= 4 is 37.0 Å². The van der Waals surface area contributed by atoms with Crippen LogP contribution in [0.3, 0.4) is 0 Å². The van der Waals surface area contributed by atoms with Crippen LogP contribution in [0.5, 0.6) is 0 Å². The van der Waals surface area contributed by atoms with Gasteiger partial charge in [0.2, 0.25) is 0 Å². The smallest absolute Gasteiger partial charge is 0.253 e. The minimum Gasteiger partial charge on any atom is -0.363 e. The van der Waals surface area contributed by atoms with Gasteiger partial charge in [-0.15, -0.1) is 9.24 Å². The van der Waals surface area contributed by atoms with E-state index in [1.54, 1.807) is 0 Å². The summed E-state index contributed by atoms with van der Waals surface area (Å²) < 4.78 is 6.13. The molecule has 2 aromatic carbocycles. The van der Waals surface area contributed by atoms with E-state index in [1.165, 1.54) is 16.5 Å². The number of benzene rings is 2. The normalized spacial score (nSPS) is 19.6. The summed E-state index contributed by atoms with van der Waals surface area (Å²) in [5, 5.41) is 2.42. The van der Waals surface area contributed by atoms with Gasteiger partial charge in [-0.1, -0.05) is 30.3 Å². The highest BCUT2D eigenvalue weighted by Gasteiger charge is 2.42. The summed E-state index contributed by atoms with van der Waals surface area (Å²) in [5.74, 6) is 0.0537. The van der Waals surface area contributed by atoms with Crippen LogP contribution < -0.4 is 10.2 Å². The van der Waals surface area contributed by atoms with E-state index in [0.29, 0.717) is 6.54 Å². The fourth-order valence-corrected chi connectivity index (χ4v) is 5.03. The number of fused-ring (bicyclic) bond motifs is 1. The van der Waals surface area contributed by atoms with Crippen LogP contribution in [-0.4, -0.2) is 54.2 Å². The van der Waals surface area contributed by atoms with E-state index in [1.807, 2.05) is 23.1 Å². The molecule has 5 nitrogen and oxygen atoms in total. The van der Waals surface area contributed by atoms with E-state index in [9.17, 15) is 4.79 Å². The minimum atomic E-state index is -0.220. The zero-order valence-corrected chi connectivity index (χ0v) is 18.3. The number of nitrogens with one attached hydrogen (secondary N) is 1. The Morgan fingerprint density at radius 1 is 1.10 bits per heavy atom. The molecule has 1 amide bonds. The fourth-order valence-electron chi connectivity index (χ4n) is 4.75. The van der Waals surface area contributed by atoms with Crippen LogP contribution in [0, 0.1) is 0 Å². The molecule has 0 aliphatic carbocycles. The molecule has 1 spiro atoms. The molecule has 0 radical (unpaired) electrons. The van der Waals surface area contributed by atoms with Gasteiger partial charge in [0.15, 0.2) is 0 Å². The molecule has 156 valence electrons. The molecule has 0 saturated carbocycles. The fraction of sp³-hybridized carbons (Fsp3) is 0.375. The lowest BCUT2D eigenvalue weighted by atomic mass is 9.89. The van der Waals surface area contributed by atoms with Crippen LogP contribution in [0.2, 0.25) is 0 Å². The number of carbonyl (C=O) groups excluding carboxylic acids is 1. The molecule has 3 aromatic rings. The predicted molar refractivity (Wildman–Crippen MR) is 124 cm³/mol. The lowest BCUT2D eigenvalue weighted by molar-refractivity contribution is -0.144. The summed E-state index contributed by atoms with van der Waals surface area (Å²) in [5.41, 5.74) is 3.34. The molecule has 2 fully saturated rings. The number of morpholine rings is 1. The van der Waals surface area contributed by atoms with Crippen LogP contribution in [0.4, 0.5) is 5.69 Å². The monoisotopic (exact) mass is 421 g/mol. The van der Waals surface area contributed by atoms with Crippen molar-refractivity contribution in [1.82, 2.24) is 9.88 Å². The van der Waals surface area contributed by atoms with Gasteiger partial charge in [-0.25, -0.2) is 0 Å². The number of hydrogen-bond acceptors (Lipinski definition) is 3. The molecule has 1 aromatic heterocycles. The Kier molecular flexibility index (Phi) is 5.36. The van der Waals surface area contributed by atoms with E-state index in [4.69, 9.17) is 4.74 Å². The van der Waals surface area contributed by atoms with Crippen molar-refractivity contribution in [3.63, 3.8) is 0 Å². The highest BCUT2D eigenvalue weighted by molar-refractivity contribution is 7.27. The van der Waals surface area contributed by atoms with Crippen LogP contribution in [-0.2, 0) is 16.0 Å². The molecule has 3 heterocycles. The highest BCUT2D eigenvalue weighted by Crippen LogP contribution is 2.33. The zero-order chi connectivity index (χ0) is 20.6. The Balaban J connectivity index is 1.21. The highest BCUT2D eigenvalue weighted by atomic mass is 31.0. The number of likely N-dealkylation sites (tertiary alicyclic amines) is 1. The average Bonchev–Trinajstić information content (AvgIpc) is 3.18. The second-order valence-electron chi connectivity index (χ2n) is 8.50. The van der Waals surface area contributed by atoms with Crippen molar-refractivity contribution in [3.8, 4) is 0 Å². The van der Waals surface area contributed by atoms with Gasteiger partial charge in [-0.05, 0) is 48.3 Å². The molecule has 0 bridgehead atoms. The van der Waals surface area contributed by atoms with Gasteiger partial charge in [0.1, 0.15) is 6.61 Å². The Labute approximate surface area is 179 Å². The van der Waals surface area contributed by atoms with Crippen LogP contribution >= 0.6 is 9.24 Å². The van der Waals surface area contributed by atoms with E-state index in [2.05, 4.69) is 55.7 Å². The molecule has 1 atom stereocenters. The summed E-state index contributed by atoms with van der Waals surface area (Å²) in [4.78, 5) is 20.3. The van der Waals surface area contributed by atoms with E-state index >= 15 is 0 Å². The minimum absolute atomic E-state index is 0.0537.